The zero-order chi connectivity index (χ0) is 72.0. The molecule has 522 valence electrons. The summed E-state index contributed by atoms with van der Waals surface area (Å²) >= 11 is 0. The van der Waals surface area contributed by atoms with Crippen LogP contribution < -0.4 is 9.97 Å². The van der Waals surface area contributed by atoms with Gasteiger partial charge in [0.05, 0.1) is 22.8 Å². The van der Waals surface area contributed by atoms with Crippen LogP contribution in [0.2, 0.25) is 0 Å². The molecule has 2 aromatic heterocycles. The molecule has 0 fully saturated rings. The van der Waals surface area contributed by atoms with Crippen molar-refractivity contribution in [2.45, 2.75) is 158 Å². The minimum absolute atomic E-state index is 0. The maximum atomic E-state index is 6.68. The maximum Gasteiger partial charge on any atom is 2.00 e. The van der Waals surface area contributed by atoms with Crippen LogP contribution in [-0.2, 0) is 21.1 Å². The summed E-state index contributed by atoms with van der Waals surface area (Å²) in [5, 5.41) is 13.5. The van der Waals surface area contributed by atoms with Gasteiger partial charge in [0.15, 0.2) is 0 Å². The van der Waals surface area contributed by atoms with E-state index in [1.54, 1.807) is 0 Å². The summed E-state index contributed by atoms with van der Waals surface area (Å²) in [5.74, 6) is 1.04. The molecule has 0 N–H and O–H groups in total. The van der Waals surface area contributed by atoms with E-state index in [0.717, 1.165) is 154 Å². The first-order valence-electron chi connectivity index (χ1n) is 38.2. The molecule has 0 unspecified atom stereocenters. The van der Waals surface area contributed by atoms with Gasteiger partial charge in [0.1, 0.15) is 0 Å². The molecule has 12 aromatic carbocycles. The van der Waals surface area contributed by atoms with Crippen molar-refractivity contribution < 1.29 is 21.1 Å². The van der Waals surface area contributed by atoms with Crippen LogP contribution in [-0.4, -0.2) is 9.97 Å². The number of rotatable bonds is 12. The van der Waals surface area contributed by atoms with E-state index in [9.17, 15) is 0 Å². The van der Waals surface area contributed by atoms with Crippen LogP contribution in [0.1, 0.15) is 203 Å². The third kappa shape index (κ3) is 11.2. The van der Waals surface area contributed by atoms with Gasteiger partial charge in [0, 0.05) is 22.3 Å². The molecule has 4 nitrogen and oxygen atoms in total. The van der Waals surface area contributed by atoms with Crippen molar-refractivity contribution in [3.63, 3.8) is 0 Å². The van der Waals surface area contributed by atoms with Gasteiger partial charge in [-0.05, 0) is 250 Å². The average molecular weight is 1540 g/mol. The molecule has 105 heavy (non-hydrogen) atoms. The average Bonchev–Trinajstić information content (AvgIpc) is 1.55. The Labute approximate surface area is 633 Å². The Morgan fingerprint density at radius 2 is 0.362 bits per heavy atom. The third-order valence-corrected chi connectivity index (χ3v) is 22.9. The van der Waals surface area contributed by atoms with Crippen molar-refractivity contribution in [1.29, 1.82) is 0 Å². The summed E-state index contributed by atoms with van der Waals surface area (Å²) < 4.78 is 0. The van der Waals surface area contributed by atoms with Crippen molar-refractivity contribution in [1.82, 2.24) is 19.9 Å². The van der Waals surface area contributed by atoms with Crippen LogP contribution in [0.25, 0.3) is 176 Å². The third-order valence-electron chi connectivity index (χ3n) is 22.9. The predicted molar refractivity (Wildman–Crippen MR) is 447 cm³/mol. The van der Waals surface area contributed by atoms with E-state index in [2.05, 4.69) is 329 Å². The molecule has 17 rings (SSSR count). The largest absolute Gasteiger partial charge is 2.00 e. The van der Waals surface area contributed by atoms with Crippen molar-refractivity contribution in [3.8, 4) is 89.5 Å². The fourth-order valence-corrected chi connectivity index (χ4v) is 17.7. The first kappa shape index (κ1) is 69.4. The molecule has 1 aliphatic carbocycles. The Morgan fingerprint density at radius 3 is 0.524 bits per heavy atom. The van der Waals surface area contributed by atoms with Gasteiger partial charge in [-0.25, -0.2) is 9.97 Å². The van der Waals surface area contributed by atoms with Crippen molar-refractivity contribution in [3.05, 3.63) is 263 Å². The second-order valence-electron chi connectivity index (χ2n) is 32.2. The second-order valence-corrected chi connectivity index (χ2v) is 32.2. The molecule has 0 saturated carbocycles. The van der Waals surface area contributed by atoms with Gasteiger partial charge in [0.25, 0.3) is 0 Å². The monoisotopic (exact) mass is 1540 g/mol. The smallest absolute Gasteiger partial charge is 0.656 e. The van der Waals surface area contributed by atoms with Gasteiger partial charge in [-0.15, -0.1) is 22.1 Å². The summed E-state index contributed by atoms with van der Waals surface area (Å²) in [5.41, 5.74) is 30.6. The van der Waals surface area contributed by atoms with Gasteiger partial charge in [-0.3, -0.25) is 0 Å². The predicted octanol–water partition coefficient (Wildman–Crippen LogP) is 28.8. The van der Waals surface area contributed by atoms with Crippen molar-refractivity contribution >= 4 is 86.7 Å². The standard InChI is InChI=1S/C100H92N4.Pt/c1-53(2)69-37-25-38-70(54(3)4)85(69)89-93-77-45-61-29-17-19-31-63(61)47-79(77)95(101-93)90(86-71(55(5)6)39-26-40-72(86)56(7)8)97-81-49-65-33-21-23-35-67(65)51-83(81)99(103-97)92(88-75(59(13)14)43-28-44-76(88)60(15)16)100-84-52-68-36-24-22-34-66(68)50-82(84)98(104-100)91(87-73(57(9)10)41-27-42-74(87)58(11)12)96-80-48-64-32-20-18-30-62(64)46-78(80)94(89)102-96;/h17-60H,1-16H3;/q-2;+2. The van der Waals surface area contributed by atoms with Crippen molar-refractivity contribution in [2.24, 2.45) is 0 Å². The van der Waals surface area contributed by atoms with Gasteiger partial charge in [0.2, 0.25) is 0 Å². The minimum atomic E-state index is 0. The van der Waals surface area contributed by atoms with Crippen molar-refractivity contribution in [2.75, 3.05) is 0 Å². The Balaban J connectivity index is 0.00000847. The van der Waals surface area contributed by atoms with E-state index in [4.69, 9.17) is 19.9 Å². The Bertz CT molecular complexity index is 5410. The van der Waals surface area contributed by atoms with E-state index in [-0.39, 0.29) is 68.4 Å². The molecule has 14 aromatic rings. The summed E-state index contributed by atoms with van der Waals surface area (Å²) in [6.07, 6.45) is 0. The van der Waals surface area contributed by atoms with Gasteiger partial charge in [-0.1, -0.05) is 281 Å². The molecule has 0 radical (unpaired) electrons. The molecule has 0 atom stereocenters. The number of hydrogen-bond acceptors (Lipinski definition) is 2. The molecule has 0 saturated heterocycles. The normalized spacial score (nSPS) is 12.4. The first-order valence-corrected chi connectivity index (χ1v) is 38.2. The van der Waals surface area contributed by atoms with Crippen LogP contribution in [0.3, 0.4) is 0 Å². The number of fused-ring (bicyclic) bond motifs is 4. The quantitative estimate of drug-likeness (QED) is 0.122. The second kappa shape index (κ2) is 26.9. The van der Waals surface area contributed by atoms with Gasteiger partial charge >= 0.3 is 21.1 Å². The van der Waals surface area contributed by atoms with Crippen LogP contribution in [0.4, 0.5) is 0 Å². The fraction of sp³-hybridized carbons (Fsp3) is 0.240. The first-order chi connectivity index (χ1) is 50.2. The minimum Gasteiger partial charge on any atom is -0.656 e. The van der Waals surface area contributed by atoms with Gasteiger partial charge < -0.3 is 9.97 Å². The van der Waals surface area contributed by atoms with Crippen LogP contribution in [0.15, 0.2) is 218 Å². The summed E-state index contributed by atoms with van der Waals surface area (Å²) in [4.78, 5) is 26.7. The zero-order valence-corrected chi connectivity index (χ0v) is 65.8. The van der Waals surface area contributed by atoms with E-state index < -0.39 is 0 Å². The molecule has 8 bridgehead atoms. The summed E-state index contributed by atoms with van der Waals surface area (Å²) in [6, 6.07) is 83.7. The van der Waals surface area contributed by atoms with Crippen LogP contribution in [0.5, 0.6) is 0 Å². The fourth-order valence-electron chi connectivity index (χ4n) is 17.7. The molecule has 0 amide bonds. The Kier molecular flexibility index (Phi) is 17.7. The molecular formula is C100H92N4Pt. The number of nitrogens with zero attached hydrogens (tertiary/aromatic N) is 4. The van der Waals surface area contributed by atoms with E-state index >= 15 is 0 Å². The Hall–Kier alpha value is -9.99. The van der Waals surface area contributed by atoms with E-state index in [1.165, 1.54) is 66.8 Å². The molecular weight excluding hydrogens is 1450 g/mol. The van der Waals surface area contributed by atoms with E-state index in [0.29, 0.717) is 0 Å². The molecule has 5 heteroatoms. The molecule has 0 spiro atoms. The SMILES string of the molecule is CC(C)c1cccc(C(C)C)c1-c1c2nc(c(-c3c(C(C)C)cccc3C(C)C)c3[n-]c(c(-c4c(C(C)C)cccc4C(C)C)c4nc(c(-c5c(C(C)C)cccc5C(C)C)c5[n-]c1c1cc6ccccc6cc51)-c1cc5ccccc5cc1-4)c1cc4ccccc4cc31)-c1cc3ccccc3cc1-2.[Pt+2]. The van der Waals surface area contributed by atoms with Gasteiger partial charge in [-0.2, -0.15) is 0 Å². The number of aromatic nitrogens is 4. The molecule has 2 aliphatic heterocycles. The summed E-state index contributed by atoms with van der Waals surface area (Å²) in [6.45, 7) is 37.8. The summed E-state index contributed by atoms with van der Waals surface area (Å²) in [7, 11) is 0. The van der Waals surface area contributed by atoms with Crippen LogP contribution in [0, 0.1) is 0 Å². The Morgan fingerprint density at radius 1 is 0.200 bits per heavy atom. The van der Waals surface area contributed by atoms with Crippen LogP contribution >= 0.6 is 0 Å². The molecule has 4 heterocycles. The van der Waals surface area contributed by atoms with E-state index in [1.807, 2.05) is 0 Å². The zero-order valence-electron chi connectivity index (χ0n) is 63.5. The number of hydrogen-bond donors (Lipinski definition) is 0. The topological polar surface area (TPSA) is 54.0 Å². The molecule has 3 aliphatic rings. The maximum absolute atomic E-state index is 6.68. The number of benzene rings is 12.